The average molecular weight is 241 g/mol. The summed E-state index contributed by atoms with van der Waals surface area (Å²) in [7, 11) is 0. The Morgan fingerprint density at radius 1 is 0.944 bits per heavy atom. The number of aliphatic imine (C=N–C) groups is 2. The Kier molecular flexibility index (Phi) is 2.92. The lowest BCUT2D eigenvalue weighted by Crippen LogP contribution is -2.34. The number of carbonyl (C=O) groups excluding carboxylic acids is 1. The van der Waals surface area contributed by atoms with E-state index in [1.54, 1.807) is 0 Å². The normalized spacial score (nSPS) is 19.8. The van der Waals surface area contributed by atoms with Gasteiger partial charge >= 0.3 is 0 Å². The number of rotatable bonds is 1. The molecular weight excluding hydrogens is 226 g/mol. The first-order chi connectivity index (χ1) is 8.84. The van der Waals surface area contributed by atoms with Crippen molar-refractivity contribution in [2.45, 2.75) is 19.3 Å². The molecule has 4 nitrogen and oxygen atoms in total. The number of guanidine groups is 1. The molecule has 1 saturated heterocycles. The van der Waals surface area contributed by atoms with Gasteiger partial charge in [-0.05, 0) is 19.3 Å². The minimum atomic E-state index is -0.221. The van der Waals surface area contributed by atoms with Crippen LogP contribution < -0.4 is 0 Å². The largest absolute Gasteiger partial charge is 0.341 e. The summed E-state index contributed by atoms with van der Waals surface area (Å²) in [6.07, 6.45) is 3.57. The van der Waals surface area contributed by atoms with Crippen molar-refractivity contribution in [1.29, 1.82) is 0 Å². The van der Waals surface area contributed by atoms with Crippen molar-refractivity contribution in [3.05, 3.63) is 35.9 Å². The van der Waals surface area contributed by atoms with Gasteiger partial charge in [-0.3, -0.25) is 4.79 Å². The lowest BCUT2D eigenvalue weighted by molar-refractivity contribution is -0.111. The van der Waals surface area contributed by atoms with Gasteiger partial charge in [0.1, 0.15) is 5.71 Å². The minimum absolute atomic E-state index is 0.221. The summed E-state index contributed by atoms with van der Waals surface area (Å²) in [5.74, 6) is 0.375. The number of carbonyl (C=O) groups is 1. The van der Waals surface area contributed by atoms with Gasteiger partial charge in [-0.2, -0.15) is 4.99 Å². The van der Waals surface area contributed by atoms with Crippen LogP contribution in [0.15, 0.2) is 40.3 Å². The number of hydrogen-bond acceptors (Lipinski definition) is 3. The fourth-order valence-electron chi connectivity index (χ4n) is 2.34. The van der Waals surface area contributed by atoms with Gasteiger partial charge in [0.25, 0.3) is 5.91 Å². The second-order valence-corrected chi connectivity index (χ2v) is 4.59. The van der Waals surface area contributed by atoms with Crippen LogP contribution in [-0.2, 0) is 4.79 Å². The first-order valence-electron chi connectivity index (χ1n) is 6.37. The first-order valence-corrected chi connectivity index (χ1v) is 6.37. The topological polar surface area (TPSA) is 45.0 Å². The summed E-state index contributed by atoms with van der Waals surface area (Å²) in [4.78, 5) is 22.5. The van der Waals surface area contributed by atoms with E-state index in [2.05, 4.69) is 14.9 Å². The maximum Gasteiger partial charge on any atom is 0.299 e. The zero-order valence-corrected chi connectivity index (χ0v) is 10.2. The molecule has 3 rings (SSSR count). The number of likely N-dealkylation sites (tertiary alicyclic amines) is 1. The molecule has 0 bridgehead atoms. The highest BCUT2D eigenvalue weighted by atomic mass is 16.1. The molecule has 0 atom stereocenters. The SMILES string of the molecule is O=C1N=C(N2CCCCC2)N=C1c1ccccc1. The predicted octanol–water partition coefficient (Wildman–Crippen LogP) is 1.86. The summed E-state index contributed by atoms with van der Waals surface area (Å²) >= 11 is 0. The van der Waals surface area contributed by atoms with E-state index in [4.69, 9.17) is 0 Å². The highest BCUT2D eigenvalue weighted by Gasteiger charge is 2.25. The lowest BCUT2D eigenvalue weighted by atomic mass is 10.1. The average Bonchev–Trinajstić information content (AvgIpc) is 2.83. The Morgan fingerprint density at radius 3 is 2.39 bits per heavy atom. The standard InChI is InChI=1S/C14H15N3O/c18-13-12(11-7-3-1-4-8-11)15-14(16-13)17-9-5-2-6-10-17/h1,3-4,7-8H,2,5-6,9-10H2. The van der Waals surface area contributed by atoms with Crippen LogP contribution in [0.25, 0.3) is 0 Å². The summed E-state index contributed by atoms with van der Waals surface area (Å²) in [5, 5.41) is 0. The van der Waals surface area contributed by atoms with E-state index in [0.717, 1.165) is 31.5 Å². The highest BCUT2D eigenvalue weighted by molar-refractivity contribution is 6.50. The molecule has 1 fully saturated rings. The zero-order chi connectivity index (χ0) is 12.4. The monoisotopic (exact) mass is 241 g/mol. The summed E-state index contributed by atoms with van der Waals surface area (Å²) in [6, 6.07) is 9.53. The van der Waals surface area contributed by atoms with Gasteiger partial charge in [-0.15, -0.1) is 0 Å². The molecule has 0 N–H and O–H groups in total. The molecule has 0 saturated carbocycles. The minimum Gasteiger partial charge on any atom is -0.341 e. The van der Waals surface area contributed by atoms with Crippen LogP contribution in [-0.4, -0.2) is 35.6 Å². The van der Waals surface area contributed by atoms with E-state index in [1.807, 2.05) is 30.3 Å². The van der Waals surface area contributed by atoms with Crippen LogP contribution in [0.2, 0.25) is 0 Å². The Hall–Kier alpha value is -1.97. The van der Waals surface area contributed by atoms with E-state index in [0.29, 0.717) is 11.7 Å². The summed E-state index contributed by atoms with van der Waals surface area (Å²) in [5.41, 5.74) is 1.31. The third-order valence-corrected chi connectivity index (χ3v) is 3.30. The number of piperidine rings is 1. The van der Waals surface area contributed by atoms with Crippen molar-refractivity contribution in [1.82, 2.24) is 4.90 Å². The highest BCUT2D eigenvalue weighted by Crippen LogP contribution is 2.15. The molecule has 4 heteroatoms. The zero-order valence-electron chi connectivity index (χ0n) is 10.2. The van der Waals surface area contributed by atoms with Gasteiger partial charge < -0.3 is 4.90 Å². The van der Waals surface area contributed by atoms with Gasteiger partial charge in [-0.25, -0.2) is 4.99 Å². The molecule has 0 spiro atoms. The Morgan fingerprint density at radius 2 is 1.67 bits per heavy atom. The molecular formula is C14H15N3O. The van der Waals surface area contributed by atoms with Crippen LogP contribution in [0.5, 0.6) is 0 Å². The van der Waals surface area contributed by atoms with E-state index in [9.17, 15) is 4.79 Å². The van der Waals surface area contributed by atoms with E-state index in [-0.39, 0.29) is 5.91 Å². The molecule has 0 aliphatic carbocycles. The van der Waals surface area contributed by atoms with Gasteiger partial charge in [0, 0.05) is 18.7 Å². The van der Waals surface area contributed by atoms with Crippen molar-refractivity contribution in [3.63, 3.8) is 0 Å². The summed E-state index contributed by atoms with van der Waals surface area (Å²) in [6.45, 7) is 1.91. The number of benzene rings is 1. The second-order valence-electron chi connectivity index (χ2n) is 4.59. The Labute approximate surface area is 106 Å². The van der Waals surface area contributed by atoms with Gasteiger partial charge in [0.05, 0.1) is 0 Å². The summed E-state index contributed by atoms with van der Waals surface area (Å²) < 4.78 is 0. The van der Waals surface area contributed by atoms with E-state index < -0.39 is 0 Å². The molecule has 1 aromatic carbocycles. The van der Waals surface area contributed by atoms with Crippen LogP contribution in [0, 0.1) is 0 Å². The number of hydrogen-bond donors (Lipinski definition) is 0. The van der Waals surface area contributed by atoms with Crippen molar-refractivity contribution in [2.24, 2.45) is 9.98 Å². The Balaban J connectivity index is 1.84. The molecule has 18 heavy (non-hydrogen) atoms. The van der Waals surface area contributed by atoms with E-state index >= 15 is 0 Å². The molecule has 0 radical (unpaired) electrons. The molecule has 92 valence electrons. The number of nitrogens with zero attached hydrogens (tertiary/aromatic N) is 3. The molecule has 2 aliphatic heterocycles. The van der Waals surface area contributed by atoms with Crippen molar-refractivity contribution < 1.29 is 4.79 Å². The first kappa shape index (κ1) is 11.1. The number of amides is 1. The molecule has 2 heterocycles. The maximum atomic E-state index is 11.9. The van der Waals surface area contributed by atoms with Gasteiger partial charge in [0.15, 0.2) is 0 Å². The van der Waals surface area contributed by atoms with Crippen molar-refractivity contribution in [2.75, 3.05) is 13.1 Å². The molecule has 1 aromatic rings. The molecule has 0 aromatic heterocycles. The predicted molar refractivity (Wildman–Crippen MR) is 70.8 cm³/mol. The van der Waals surface area contributed by atoms with E-state index in [1.165, 1.54) is 6.42 Å². The third-order valence-electron chi connectivity index (χ3n) is 3.30. The van der Waals surface area contributed by atoms with Crippen LogP contribution in [0.3, 0.4) is 0 Å². The fraction of sp³-hybridized carbons (Fsp3) is 0.357. The van der Waals surface area contributed by atoms with Gasteiger partial charge in [-0.1, -0.05) is 30.3 Å². The molecule has 0 unspecified atom stereocenters. The van der Waals surface area contributed by atoms with Crippen LogP contribution >= 0.6 is 0 Å². The quantitative estimate of drug-likeness (QED) is 0.753. The fourth-order valence-corrected chi connectivity index (χ4v) is 2.34. The molecule has 2 aliphatic rings. The van der Waals surface area contributed by atoms with Crippen molar-refractivity contribution >= 4 is 17.6 Å². The smallest absolute Gasteiger partial charge is 0.299 e. The second kappa shape index (κ2) is 4.72. The van der Waals surface area contributed by atoms with Gasteiger partial charge in [0.2, 0.25) is 5.96 Å². The lowest BCUT2D eigenvalue weighted by Gasteiger charge is -2.26. The van der Waals surface area contributed by atoms with Crippen molar-refractivity contribution in [3.8, 4) is 0 Å². The molecule has 1 amide bonds. The third kappa shape index (κ3) is 2.06. The van der Waals surface area contributed by atoms with Crippen LogP contribution in [0.4, 0.5) is 0 Å². The van der Waals surface area contributed by atoms with Crippen LogP contribution in [0.1, 0.15) is 24.8 Å². The Bertz CT molecular complexity index is 513. The maximum absolute atomic E-state index is 11.9.